The number of likely N-dealkylation sites (N-methyl/N-ethyl adjacent to an activating group) is 1. The molecule has 2 unspecified atom stereocenters. The average molecular weight is 213 g/mol. The second-order valence-electron chi connectivity index (χ2n) is 4.82. The fourth-order valence-electron chi connectivity index (χ4n) is 2.88. The second-order valence-corrected chi connectivity index (χ2v) is 4.82. The van der Waals surface area contributed by atoms with Crippen LogP contribution >= 0.6 is 0 Å². The Bertz CT molecular complexity index is 461. The molecule has 1 saturated heterocycles. The van der Waals surface area contributed by atoms with Gasteiger partial charge in [-0.05, 0) is 37.7 Å². The molecule has 82 valence electrons. The summed E-state index contributed by atoms with van der Waals surface area (Å²) in [6.45, 7) is 2.28. The first-order chi connectivity index (χ1) is 7.78. The minimum atomic E-state index is 0.570. The summed E-state index contributed by atoms with van der Waals surface area (Å²) in [5.74, 6) is 0.599. The molecular weight excluding hydrogens is 198 g/mol. The Hall–Kier alpha value is -1.53. The van der Waals surface area contributed by atoms with Crippen LogP contribution in [0, 0.1) is 11.3 Å². The molecule has 2 aliphatic rings. The van der Waals surface area contributed by atoms with Gasteiger partial charge in [-0.25, -0.2) is 0 Å². The van der Waals surface area contributed by atoms with Gasteiger partial charge in [0.25, 0.3) is 0 Å². The van der Waals surface area contributed by atoms with Gasteiger partial charge in [-0.1, -0.05) is 6.07 Å². The van der Waals surface area contributed by atoms with Crippen LogP contribution in [0.4, 0.5) is 5.69 Å². The number of benzene rings is 1. The van der Waals surface area contributed by atoms with E-state index in [2.05, 4.69) is 29.4 Å². The maximum Gasteiger partial charge on any atom is 0.0992 e. The molecule has 1 aromatic rings. The van der Waals surface area contributed by atoms with E-state index in [1.807, 2.05) is 12.1 Å². The van der Waals surface area contributed by atoms with Crippen LogP contribution in [0.3, 0.4) is 0 Å². The molecule has 2 heterocycles. The molecule has 1 fully saturated rings. The van der Waals surface area contributed by atoms with E-state index in [1.54, 1.807) is 0 Å². The van der Waals surface area contributed by atoms with Gasteiger partial charge in [-0.15, -0.1) is 0 Å². The second kappa shape index (κ2) is 3.50. The van der Waals surface area contributed by atoms with Crippen LogP contribution in [-0.4, -0.2) is 31.1 Å². The van der Waals surface area contributed by atoms with E-state index in [0.29, 0.717) is 12.0 Å². The van der Waals surface area contributed by atoms with Crippen LogP contribution in [-0.2, 0) is 0 Å². The summed E-state index contributed by atoms with van der Waals surface area (Å²) < 4.78 is 0. The maximum atomic E-state index is 8.88. The van der Waals surface area contributed by atoms with Crippen molar-refractivity contribution in [3.05, 3.63) is 29.3 Å². The Balaban J connectivity index is 1.97. The third-order valence-corrected chi connectivity index (χ3v) is 3.74. The third kappa shape index (κ3) is 1.38. The van der Waals surface area contributed by atoms with Crippen molar-refractivity contribution in [3.63, 3.8) is 0 Å². The Morgan fingerprint density at radius 3 is 3.19 bits per heavy atom. The van der Waals surface area contributed by atoms with Gasteiger partial charge in [0.15, 0.2) is 0 Å². The molecule has 0 saturated carbocycles. The van der Waals surface area contributed by atoms with Gasteiger partial charge in [0.1, 0.15) is 0 Å². The molecule has 0 aromatic heterocycles. The minimum Gasteiger partial charge on any atom is -0.381 e. The highest BCUT2D eigenvalue weighted by Crippen LogP contribution is 2.40. The lowest BCUT2D eigenvalue weighted by Gasteiger charge is -2.32. The molecule has 2 atom stereocenters. The molecule has 0 bridgehead atoms. The normalized spacial score (nSPS) is 27.8. The molecule has 16 heavy (non-hydrogen) atoms. The van der Waals surface area contributed by atoms with E-state index in [1.165, 1.54) is 17.7 Å². The molecule has 0 amide bonds. The number of piperidine rings is 1. The van der Waals surface area contributed by atoms with Gasteiger partial charge < -0.3 is 10.2 Å². The summed E-state index contributed by atoms with van der Waals surface area (Å²) >= 11 is 0. The maximum absolute atomic E-state index is 8.88. The number of nitrogens with one attached hydrogen (secondary N) is 1. The summed E-state index contributed by atoms with van der Waals surface area (Å²) in [6, 6.07) is 8.79. The summed E-state index contributed by atoms with van der Waals surface area (Å²) in [7, 11) is 2.18. The van der Waals surface area contributed by atoms with E-state index < -0.39 is 0 Å². The van der Waals surface area contributed by atoms with Crippen molar-refractivity contribution < 1.29 is 0 Å². The van der Waals surface area contributed by atoms with Crippen molar-refractivity contribution in [1.29, 1.82) is 5.26 Å². The van der Waals surface area contributed by atoms with E-state index >= 15 is 0 Å². The number of fused-ring (bicyclic) bond motifs is 3. The molecule has 0 spiro atoms. The van der Waals surface area contributed by atoms with Crippen molar-refractivity contribution in [2.24, 2.45) is 0 Å². The molecule has 3 rings (SSSR count). The lowest BCUT2D eigenvalue weighted by Crippen LogP contribution is -2.39. The first-order valence-electron chi connectivity index (χ1n) is 5.77. The molecular formula is C13H15N3. The van der Waals surface area contributed by atoms with Gasteiger partial charge in [0.05, 0.1) is 11.6 Å². The zero-order valence-corrected chi connectivity index (χ0v) is 9.40. The first kappa shape index (κ1) is 9.68. The monoisotopic (exact) mass is 213 g/mol. The molecule has 0 aliphatic carbocycles. The fourth-order valence-corrected chi connectivity index (χ4v) is 2.88. The Morgan fingerprint density at radius 2 is 2.38 bits per heavy atom. The number of nitriles is 1. The SMILES string of the molecule is CN1CCC2Nc3cc(C#N)ccc3C2C1. The largest absolute Gasteiger partial charge is 0.381 e. The van der Waals surface area contributed by atoms with E-state index in [9.17, 15) is 0 Å². The predicted octanol–water partition coefficient (Wildman–Crippen LogP) is 1.77. The Morgan fingerprint density at radius 1 is 1.50 bits per heavy atom. The van der Waals surface area contributed by atoms with Gasteiger partial charge in [-0.3, -0.25) is 0 Å². The van der Waals surface area contributed by atoms with Crippen LogP contribution in [0.25, 0.3) is 0 Å². The van der Waals surface area contributed by atoms with Gasteiger partial charge >= 0.3 is 0 Å². The Labute approximate surface area is 95.7 Å². The van der Waals surface area contributed by atoms with Crippen LogP contribution < -0.4 is 5.32 Å². The lowest BCUT2D eigenvalue weighted by molar-refractivity contribution is 0.243. The number of likely N-dealkylation sites (tertiary alicyclic amines) is 1. The fraction of sp³-hybridized carbons (Fsp3) is 0.462. The molecule has 0 radical (unpaired) electrons. The van der Waals surface area contributed by atoms with Crippen molar-refractivity contribution in [2.75, 3.05) is 25.5 Å². The summed E-state index contributed by atoms with van der Waals surface area (Å²) in [6.07, 6.45) is 1.19. The average Bonchev–Trinajstić information content (AvgIpc) is 2.66. The predicted molar refractivity (Wildman–Crippen MR) is 63.4 cm³/mol. The summed E-state index contributed by atoms with van der Waals surface area (Å²) in [4.78, 5) is 2.39. The standard InChI is InChI=1S/C13H15N3/c1-16-5-4-12-11(8-16)10-3-2-9(7-14)6-13(10)15-12/h2-3,6,11-12,15H,4-5,8H2,1H3. The quantitative estimate of drug-likeness (QED) is 0.714. The minimum absolute atomic E-state index is 0.570. The van der Waals surface area contributed by atoms with Gasteiger partial charge in [0.2, 0.25) is 0 Å². The van der Waals surface area contributed by atoms with Crippen LogP contribution in [0.2, 0.25) is 0 Å². The summed E-state index contributed by atoms with van der Waals surface area (Å²) in [5.41, 5.74) is 3.30. The number of nitrogens with zero attached hydrogens (tertiary/aromatic N) is 2. The van der Waals surface area contributed by atoms with Crippen molar-refractivity contribution in [2.45, 2.75) is 18.4 Å². The van der Waals surface area contributed by atoms with E-state index in [-0.39, 0.29) is 0 Å². The third-order valence-electron chi connectivity index (χ3n) is 3.74. The summed E-state index contributed by atoms with van der Waals surface area (Å²) in [5, 5.41) is 12.4. The number of anilines is 1. The topological polar surface area (TPSA) is 39.1 Å². The molecule has 3 heteroatoms. The van der Waals surface area contributed by atoms with Gasteiger partial charge in [0, 0.05) is 24.2 Å². The molecule has 3 nitrogen and oxygen atoms in total. The zero-order valence-electron chi connectivity index (χ0n) is 9.40. The van der Waals surface area contributed by atoms with E-state index in [0.717, 1.165) is 18.7 Å². The highest BCUT2D eigenvalue weighted by Gasteiger charge is 2.35. The van der Waals surface area contributed by atoms with Gasteiger partial charge in [-0.2, -0.15) is 5.26 Å². The number of hydrogen-bond acceptors (Lipinski definition) is 3. The number of rotatable bonds is 0. The van der Waals surface area contributed by atoms with Crippen LogP contribution in [0.15, 0.2) is 18.2 Å². The first-order valence-corrected chi connectivity index (χ1v) is 5.77. The van der Waals surface area contributed by atoms with Crippen LogP contribution in [0.1, 0.15) is 23.5 Å². The number of hydrogen-bond donors (Lipinski definition) is 1. The Kier molecular flexibility index (Phi) is 2.12. The highest BCUT2D eigenvalue weighted by atomic mass is 15.1. The molecule has 1 N–H and O–H groups in total. The van der Waals surface area contributed by atoms with Crippen molar-refractivity contribution >= 4 is 5.69 Å². The molecule has 2 aliphatic heterocycles. The van der Waals surface area contributed by atoms with Crippen molar-refractivity contribution in [1.82, 2.24) is 4.90 Å². The van der Waals surface area contributed by atoms with Crippen LogP contribution in [0.5, 0.6) is 0 Å². The highest BCUT2D eigenvalue weighted by molar-refractivity contribution is 5.62. The lowest BCUT2D eigenvalue weighted by atomic mass is 9.89. The van der Waals surface area contributed by atoms with Crippen molar-refractivity contribution in [3.8, 4) is 6.07 Å². The van der Waals surface area contributed by atoms with E-state index in [4.69, 9.17) is 5.26 Å². The zero-order chi connectivity index (χ0) is 11.1. The molecule has 1 aromatic carbocycles. The smallest absolute Gasteiger partial charge is 0.0992 e.